The van der Waals surface area contributed by atoms with E-state index in [2.05, 4.69) is 0 Å². The highest BCUT2D eigenvalue weighted by Crippen LogP contribution is 2.37. The molecule has 0 N–H and O–H groups in total. The summed E-state index contributed by atoms with van der Waals surface area (Å²) >= 11 is 0. The van der Waals surface area contributed by atoms with Gasteiger partial charge >= 0.3 is 12.1 Å². The van der Waals surface area contributed by atoms with Crippen LogP contribution < -0.4 is 0 Å². The summed E-state index contributed by atoms with van der Waals surface area (Å²) in [6, 6.07) is 2.33. The van der Waals surface area contributed by atoms with Gasteiger partial charge in [-0.1, -0.05) is 27.7 Å². The first-order valence-electron chi connectivity index (χ1n) is 8.18. The number of carbonyl (C=O) groups excluding carboxylic acids is 1. The average Bonchev–Trinajstić information content (AvgIpc) is 2.34. The molecule has 1 rings (SSSR count). The van der Waals surface area contributed by atoms with Gasteiger partial charge in [-0.05, 0) is 61.4 Å². The van der Waals surface area contributed by atoms with Crippen LogP contribution in [0.2, 0.25) is 0 Å². The van der Waals surface area contributed by atoms with Gasteiger partial charge in [-0.15, -0.1) is 0 Å². The minimum Gasteiger partial charge on any atom is -0.460 e. The second-order valence-electron chi connectivity index (χ2n) is 7.70. The molecule has 0 unspecified atom stereocenters. The Morgan fingerprint density at radius 2 is 1.42 bits per heavy atom. The van der Waals surface area contributed by atoms with Gasteiger partial charge in [0.1, 0.15) is 5.60 Å². The Labute approximate surface area is 142 Å². The van der Waals surface area contributed by atoms with Crippen molar-refractivity contribution in [1.82, 2.24) is 0 Å². The number of ether oxygens (including phenoxy) is 1. The van der Waals surface area contributed by atoms with E-state index in [4.69, 9.17) is 4.74 Å². The number of hydrogen-bond acceptors (Lipinski definition) is 2. The first-order valence-corrected chi connectivity index (χ1v) is 8.18. The Morgan fingerprint density at radius 1 is 1.00 bits per heavy atom. The lowest BCUT2D eigenvalue weighted by Crippen LogP contribution is -2.26. The maximum atomic E-state index is 13.2. The van der Waals surface area contributed by atoms with Crippen molar-refractivity contribution >= 4 is 5.97 Å². The highest BCUT2D eigenvalue weighted by molar-refractivity contribution is 5.74. The number of halogens is 3. The van der Waals surface area contributed by atoms with Gasteiger partial charge in [-0.2, -0.15) is 13.2 Å². The molecule has 0 amide bonds. The molecular weight excluding hydrogens is 317 g/mol. The monoisotopic (exact) mass is 344 g/mol. The lowest BCUT2D eigenvalue weighted by molar-refractivity contribution is -0.153. The first kappa shape index (κ1) is 20.5. The predicted molar refractivity (Wildman–Crippen MR) is 89.2 cm³/mol. The zero-order chi connectivity index (χ0) is 18.9. The van der Waals surface area contributed by atoms with Crippen molar-refractivity contribution in [2.24, 2.45) is 0 Å². The van der Waals surface area contributed by atoms with Crippen molar-refractivity contribution in [2.75, 3.05) is 0 Å². The van der Waals surface area contributed by atoms with Crippen molar-refractivity contribution in [3.63, 3.8) is 0 Å². The summed E-state index contributed by atoms with van der Waals surface area (Å²) < 4.78 is 44.9. The molecule has 24 heavy (non-hydrogen) atoms. The lowest BCUT2D eigenvalue weighted by Gasteiger charge is -2.24. The van der Waals surface area contributed by atoms with E-state index in [0.717, 1.165) is 12.1 Å². The summed E-state index contributed by atoms with van der Waals surface area (Å²) in [5.41, 5.74) is 0.475. The molecule has 0 aromatic heterocycles. The van der Waals surface area contributed by atoms with Crippen molar-refractivity contribution < 1.29 is 22.7 Å². The van der Waals surface area contributed by atoms with Crippen molar-refractivity contribution in [1.29, 1.82) is 0 Å². The molecule has 0 radical (unpaired) electrons. The quantitative estimate of drug-likeness (QED) is 0.642. The van der Waals surface area contributed by atoms with Crippen molar-refractivity contribution in [2.45, 2.75) is 78.5 Å². The number of alkyl halides is 3. The van der Waals surface area contributed by atoms with Crippen LogP contribution in [0.4, 0.5) is 13.2 Å². The molecule has 0 fully saturated rings. The van der Waals surface area contributed by atoms with Gasteiger partial charge in [-0.25, -0.2) is 0 Å². The standard InChI is InChI=1S/C19H27F3O2/c1-11(2)14-8-13(19(20,21)22)9-15(12(3)4)16(14)10-17(23)24-18(5,6)7/h8-9,11-12H,10H2,1-7H3. The number of carbonyl (C=O) groups is 1. The molecule has 0 aliphatic rings. The molecule has 0 atom stereocenters. The molecule has 0 aliphatic heterocycles. The van der Waals surface area contributed by atoms with Crippen LogP contribution in [0.5, 0.6) is 0 Å². The minimum atomic E-state index is -4.41. The SMILES string of the molecule is CC(C)c1cc(C(F)(F)F)cc(C(C)C)c1CC(=O)OC(C)(C)C. The normalized spacial score (nSPS) is 12.8. The number of benzene rings is 1. The van der Waals surface area contributed by atoms with E-state index < -0.39 is 23.3 Å². The molecule has 0 spiro atoms. The van der Waals surface area contributed by atoms with E-state index in [1.165, 1.54) is 0 Å². The zero-order valence-corrected chi connectivity index (χ0v) is 15.5. The van der Waals surface area contributed by atoms with Crippen molar-refractivity contribution in [3.8, 4) is 0 Å². The first-order chi connectivity index (χ1) is 10.7. The maximum Gasteiger partial charge on any atom is 0.416 e. The summed E-state index contributed by atoms with van der Waals surface area (Å²) in [5.74, 6) is -0.671. The summed E-state index contributed by atoms with van der Waals surface area (Å²) in [6.45, 7) is 12.6. The minimum absolute atomic E-state index is 0.0174. The molecular formula is C19H27F3O2. The second kappa shape index (κ2) is 7.16. The molecule has 5 heteroatoms. The van der Waals surface area contributed by atoms with Crippen LogP contribution in [0.15, 0.2) is 12.1 Å². The van der Waals surface area contributed by atoms with Crippen LogP contribution in [0.3, 0.4) is 0 Å². The maximum absolute atomic E-state index is 13.2. The number of rotatable bonds is 4. The fourth-order valence-corrected chi connectivity index (χ4v) is 2.64. The fourth-order valence-electron chi connectivity index (χ4n) is 2.64. The Kier molecular flexibility index (Phi) is 6.12. The molecule has 0 saturated carbocycles. The summed E-state index contributed by atoms with van der Waals surface area (Å²) in [6.07, 6.45) is -4.42. The Hall–Kier alpha value is -1.52. The van der Waals surface area contributed by atoms with Crippen molar-refractivity contribution in [3.05, 3.63) is 34.4 Å². The number of esters is 1. The second-order valence-corrected chi connectivity index (χ2v) is 7.70. The largest absolute Gasteiger partial charge is 0.460 e. The predicted octanol–water partition coefficient (Wildman–Crippen LogP) is 5.84. The summed E-state index contributed by atoms with van der Waals surface area (Å²) in [7, 11) is 0. The topological polar surface area (TPSA) is 26.3 Å². The van der Waals surface area contributed by atoms with E-state index >= 15 is 0 Å². The molecule has 1 aromatic carbocycles. The molecule has 0 aliphatic carbocycles. The Balaban J connectivity index is 3.43. The van der Waals surface area contributed by atoms with E-state index in [-0.39, 0.29) is 18.3 Å². The van der Waals surface area contributed by atoms with Gasteiger partial charge in [0.15, 0.2) is 0 Å². The molecule has 0 heterocycles. The van der Waals surface area contributed by atoms with Crippen LogP contribution in [0.25, 0.3) is 0 Å². The van der Waals surface area contributed by atoms with Crippen LogP contribution in [-0.4, -0.2) is 11.6 Å². The lowest BCUT2D eigenvalue weighted by atomic mass is 9.85. The van der Waals surface area contributed by atoms with Gasteiger partial charge < -0.3 is 4.74 Å². The van der Waals surface area contributed by atoms with Gasteiger partial charge in [0, 0.05) is 0 Å². The van der Waals surface area contributed by atoms with Gasteiger partial charge in [0.05, 0.1) is 12.0 Å². The van der Waals surface area contributed by atoms with Crippen LogP contribution in [-0.2, 0) is 22.1 Å². The molecule has 2 nitrogen and oxygen atoms in total. The third kappa shape index (κ3) is 5.53. The van der Waals surface area contributed by atoms with E-state index in [0.29, 0.717) is 16.7 Å². The highest BCUT2D eigenvalue weighted by Gasteiger charge is 2.33. The Bertz CT molecular complexity index is 565. The molecule has 136 valence electrons. The zero-order valence-electron chi connectivity index (χ0n) is 15.5. The third-order valence-corrected chi connectivity index (χ3v) is 3.63. The summed E-state index contributed by atoms with van der Waals surface area (Å²) in [5, 5.41) is 0. The highest BCUT2D eigenvalue weighted by atomic mass is 19.4. The van der Waals surface area contributed by atoms with Crippen LogP contribution in [0.1, 0.15) is 82.6 Å². The molecule has 0 bridgehead atoms. The van der Waals surface area contributed by atoms with Gasteiger partial charge in [-0.3, -0.25) is 4.79 Å². The smallest absolute Gasteiger partial charge is 0.416 e. The van der Waals surface area contributed by atoms with E-state index in [1.807, 2.05) is 27.7 Å². The van der Waals surface area contributed by atoms with E-state index in [1.54, 1.807) is 20.8 Å². The van der Waals surface area contributed by atoms with Crippen LogP contribution in [0, 0.1) is 0 Å². The summed E-state index contributed by atoms with van der Waals surface area (Å²) in [4.78, 5) is 12.2. The Morgan fingerprint density at radius 3 is 1.71 bits per heavy atom. The average molecular weight is 344 g/mol. The number of hydrogen-bond donors (Lipinski definition) is 0. The molecule has 0 saturated heterocycles. The molecule has 1 aromatic rings. The van der Waals surface area contributed by atoms with E-state index in [9.17, 15) is 18.0 Å². The fraction of sp³-hybridized carbons (Fsp3) is 0.632. The van der Waals surface area contributed by atoms with Gasteiger partial charge in [0.25, 0.3) is 0 Å². The third-order valence-electron chi connectivity index (χ3n) is 3.63. The van der Waals surface area contributed by atoms with Gasteiger partial charge in [0.2, 0.25) is 0 Å². The van der Waals surface area contributed by atoms with Crippen LogP contribution >= 0.6 is 0 Å².